The molecule has 6 N–H and O–H groups in total. The lowest BCUT2D eigenvalue weighted by Crippen LogP contribution is -2.56. The Morgan fingerprint density at radius 1 is 1.30 bits per heavy atom. The molecule has 11 nitrogen and oxygen atoms in total. The summed E-state index contributed by atoms with van der Waals surface area (Å²) in [6, 6.07) is 8.19. The zero-order chi connectivity index (χ0) is 21.5. The second-order valence-corrected chi connectivity index (χ2v) is 7.11. The first-order valence-corrected chi connectivity index (χ1v) is 9.35. The average molecular weight is 414 g/mol. The first-order chi connectivity index (χ1) is 14.4. The molecule has 1 saturated heterocycles. The van der Waals surface area contributed by atoms with Crippen molar-refractivity contribution in [1.29, 1.82) is 0 Å². The Morgan fingerprint density at radius 2 is 2.03 bits per heavy atom. The Bertz CT molecular complexity index is 1060. The fourth-order valence-electron chi connectivity index (χ4n) is 3.73. The molecule has 3 aromatic rings. The fourth-order valence-corrected chi connectivity index (χ4v) is 3.73. The maximum absolute atomic E-state index is 13.7. The van der Waals surface area contributed by atoms with Crippen molar-refractivity contribution >= 4 is 28.5 Å². The van der Waals surface area contributed by atoms with Crippen LogP contribution in [0.15, 0.2) is 43.0 Å². The number of rotatable bonds is 6. The van der Waals surface area contributed by atoms with E-state index in [0.29, 0.717) is 5.69 Å². The van der Waals surface area contributed by atoms with Gasteiger partial charge in [0.2, 0.25) is 11.5 Å². The number of Topliss-reactive ketones (excluding diaryl/α,β-unsaturated/α-hetero) is 1. The van der Waals surface area contributed by atoms with Gasteiger partial charge in [-0.05, 0) is 19.1 Å². The Labute approximate surface area is 171 Å². The van der Waals surface area contributed by atoms with E-state index < -0.39 is 42.5 Å². The van der Waals surface area contributed by atoms with Gasteiger partial charge in [-0.3, -0.25) is 9.36 Å². The van der Waals surface area contributed by atoms with Crippen molar-refractivity contribution in [2.24, 2.45) is 0 Å². The van der Waals surface area contributed by atoms with Crippen LogP contribution in [0, 0.1) is 0 Å². The number of aliphatic hydroxyl groups excluding tert-OH is 3. The van der Waals surface area contributed by atoms with Crippen LogP contribution in [0.2, 0.25) is 0 Å². The molecule has 1 aliphatic rings. The minimum Gasteiger partial charge on any atom is -0.394 e. The number of aromatic nitrogens is 4. The summed E-state index contributed by atoms with van der Waals surface area (Å²) in [6.07, 6.45) is -1.96. The monoisotopic (exact) mass is 414 g/mol. The zero-order valence-electron chi connectivity index (χ0n) is 16.1. The van der Waals surface area contributed by atoms with Crippen LogP contribution in [0.25, 0.3) is 11.2 Å². The van der Waals surface area contributed by atoms with E-state index in [1.54, 1.807) is 19.1 Å². The lowest BCUT2D eigenvalue weighted by atomic mass is 9.94. The molecule has 1 fully saturated rings. The predicted octanol–water partition coefficient (Wildman–Crippen LogP) is -0.756. The van der Waals surface area contributed by atoms with Gasteiger partial charge in [0.25, 0.3) is 0 Å². The average Bonchev–Trinajstić information content (AvgIpc) is 3.30. The number of carbonyl (C=O) groups excluding carboxylic acids is 1. The van der Waals surface area contributed by atoms with E-state index in [0.717, 1.165) is 0 Å². The molecule has 0 spiro atoms. The highest BCUT2D eigenvalue weighted by atomic mass is 16.6. The van der Waals surface area contributed by atoms with Gasteiger partial charge in [0, 0.05) is 5.69 Å². The van der Waals surface area contributed by atoms with E-state index in [9.17, 15) is 20.1 Å². The minimum atomic E-state index is -2.09. The lowest BCUT2D eigenvalue weighted by molar-refractivity contribution is -0.174. The molecule has 158 valence electrons. The summed E-state index contributed by atoms with van der Waals surface area (Å²) in [4.78, 5) is 25.8. The van der Waals surface area contributed by atoms with Crippen LogP contribution >= 0.6 is 0 Å². The zero-order valence-corrected chi connectivity index (χ0v) is 16.1. The van der Waals surface area contributed by atoms with Gasteiger partial charge < -0.3 is 31.1 Å². The van der Waals surface area contributed by atoms with Gasteiger partial charge in [-0.15, -0.1) is 0 Å². The maximum atomic E-state index is 13.7. The molecular formula is C19H22N6O5. The van der Waals surface area contributed by atoms with Crippen LogP contribution in [0.1, 0.15) is 6.92 Å². The molecule has 30 heavy (non-hydrogen) atoms. The van der Waals surface area contributed by atoms with E-state index >= 15 is 0 Å². The van der Waals surface area contributed by atoms with Crippen molar-refractivity contribution in [1.82, 2.24) is 19.5 Å². The van der Waals surface area contributed by atoms with Crippen LogP contribution in [-0.2, 0) is 15.3 Å². The SMILES string of the molecule is C[C@H](Nc1ccccc1)C(=O)[C@@]1(n2cnc3c(N)ncnc32)O[C@H](CO)[C@@H](O)[C@H]1O. The largest absolute Gasteiger partial charge is 0.394 e. The Morgan fingerprint density at radius 3 is 2.70 bits per heavy atom. The number of hydrogen-bond acceptors (Lipinski definition) is 10. The summed E-state index contributed by atoms with van der Waals surface area (Å²) < 4.78 is 7.05. The molecule has 4 rings (SSSR count). The molecule has 0 saturated carbocycles. The van der Waals surface area contributed by atoms with Crippen molar-refractivity contribution in [2.75, 3.05) is 17.7 Å². The van der Waals surface area contributed by atoms with Gasteiger partial charge in [0.15, 0.2) is 11.5 Å². The highest BCUT2D eigenvalue weighted by Crippen LogP contribution is 2.39. The van der Waals surface area contributed by atoms with Crippen LogP contribution in [-0.4, -0.2) is 71.6 Å². The molecule has 11 heteroatoms. The number of imidazole rings is 1. The number of anilines is 2. The van der Waals surface area contributed by atoms with Crippen LogP contribution in [0.4, 0.5) is 11.5 Å². The number of benzene rings is 1. The number of ketones is 1. The number of hydrogen-bond donors (Lipinski definition) is 5. The number of nitrogens with one attached hydrogen (secondary N) is 1. The van der Waals surface area contributed by atoms with Gasteiger partial charge in [-0.2, -0.15) is 0 Å². The van der Waals surface area contributed by atoms with Crippen molar-refractivity contribution in [3.8, 4) is 0 Å². The smallest absolute Gasteiger partial charge is 0.239 e. The normalized spacial score (nSPS) is 27.3. The van der Waals surface area contributed by atoms with E-state index in [1.165, 1.54) is 17.2 Å². The molecule has 1 aromatic carbocycles. The summed E-state index contributed by atoms with van der Waals surface area (Å²) in [7, 11) is 0. The number of aliphatic hydroxyl groups is 3. The molecular weight excluding hydrogens is 392 g/mol. The molecule has 0 aliphatic carbocycles. The molecule has 0 unspecified atom stereocenters. The van der Waals surface area contributed by atoms with Crippen molar-refractivity contribution < 1.29 is 24.9 Å². The van der Waals surface area contributed by atoms with Crippen molar-refractivity contribution in [3.63, 3.8) is 0 Å². The Hall–Kier alpha value is -3.12. The lowest BCUT2D eigenvalue weighted by Gasteiger charge is -2.34. The summed E-state index contributed by atoms with van der Waals surface area (Å²) in [5.74, 6) is -0.506. The third-order valence-electron chi connectivity index (χ3n) is 5.24. The molecule has 3 heterocycles. The maximum Gasteiger partial charge on any atom is 0.239 e. The molecule has 1 aliphatic heterocycles. The van der Waals surface area contributed by atoms with Crippen molar-refractivity contribution in [3.05, 3.63) is 43.0 Å². The number of para-hydroxylation sites is 1. The number of fused-ring (bicyclic) bond motifs is 1. The van der Waals surface area contributed by atoms with Gasteiger partial charge in [-0.1, -0.05) is 18.2 Å². The molecule has 0 amide bonds. The first kappa shape index (κ1) is 20.2. The first-order valence-electron chi connectivity index (χ1n) is 9.35. The van der Waals surface area contributed by atoms with E-state index in [4.69, 9.17) is 10.5 Å². The third kappa shape index (κ3) is 2.99. The Balaban J connectivity index is 1.82. The molecule has 0 radical (unpaired) electrons. The number of ether oxygens (including phenoxy) is 1. The van der Waals surface area contributed by atoms with E-state index in [2.05, 4.69) is 20.3 Å². The number of nitrogen functional groups attached to an aromatic ring is 1. The summed E-state index contributed by atoms with van der Waals surface area (Å²) in [5, 5.41) is 34.0. The number of carbonyl (C=O) groups is 1. The Kier molecular flexibility index (Phi) is 5.12. The van der Waals surface area contributed by atoms with Crippen molar-refractivity contribution in [2.45, 2.75) is 37.0 Å². The van der Waals surface area contributed by atoms with Crippen LogP contribution in [0.5, 0.6) is 0 Å². The highest BCUT2D eigenvalue weighted by molar-refractivity contribution is 5.94. The minimum absolute atomic E-state index is 0.0866. The summed E-state index contributed by atoms with van der Waals surface area (Å²) in [6.45, 7) is 1.01. The molecule has 5 atom stereocenters. The molecule has 0 bridgehead atoms. The van der Waals surface area contributed by atoms with E-state index in [1.807, 2.05) is 18.2 Å². The van der Waals surface area contributed by atoms with Gasteiger partial charge in [0.05, 0.1) is 12.6 Å². The summed E-state index contributed by atoms with van der Waals surface area (Å²) in [5.41, 5.74) is 4.80. The number of nitrogens with two attached hydrogens (primary N) is 1. The predicted molar refractivity (Wildman–Crippen MR) is 106 cm³/mol. The third-order valence-corrected chi connectivity index (χ3v) is 5.24. The van der Waals surface area contributed by atoms with Crippen LogP contribution < -0.4 is 11.1 Å². The standard InChI is InChI=1S/C19H22N6O5/c1-10(24-11-5-3-2-4-6-11)15(28)19(16(29)14(27)12(7-26)30-19)25-9-23-13-17(20)21-8-22-18(13)25/h2-6,8-10,12,14,16,24,26-27,29H,7H2,1H3,(H2,20,21,22)/t10-,12+,14+,16+,19+/m0/s1. The quantitative estimate of drug-likeness (QED) is 0.346. The second kappa shape index (κ2) is 7.61. The highest BCUT2D eigenvalue weighted by Gasteiger charge is 2.61. The summed E-state index contributed by atoms with van der Waals surface area (Å²) >= 11 is 0. The second-order valence-electron chi connectivity index (χ2n) is 7.11. The molecule has 2 aromatic heterocycles. The van der Waals surface area contributed by atoms with E-state index in [-0.39, 0.29) is 17.0 Å². The van der Waals surface area contributed by atoms with Gasteiger partial charge >= 0.3 is 0 Å². The van der Waals surface area contributed by atoms with Gasteiger partial charge in [-0.25, -0.2) is 15.0 Å². The number of nitrogens with zero attached hydrogens (tertiary/aromatic N) is 4. The fraction of sp³-hybridized carbons (Fsp3) is 0.368. The van der Waals surface area contributed by atoms with Gasteiger partial charge in [0.1, 0.15) is 36.5 Å². The van der Waals surface area contributed by atoms with Crippen LogP contribution in [0.3, 0.4) is 0 Å². The topological polar surface area (TPSA) is 169 Å².